The summed E-state index contributed by atoms with van der Waals surface area (Å²) in [6, 6.07) is 6.64. The third kappa shape index (κ3) is 6.82. The Hall–Kier alpha value is -2.57. The van der Waals surface area contributed by atoms with E-state index in [2.05, 4.69) is 16.2 Å². The second-order valence-electron chi connectivity index (χ2n) is 5.17. The number of urea groups is 1. The third-order valence-corrected chi connectivity index (χ3v) is 3.22. The zero-order valence-corrected chi connectivity index (χ0v) is 13.6. The Labute approximate surface area is 135 Å². The fraction of sp³-hybridized carbons (Fsp3) is 0.438. The smallest absolute Gasteiger partial charge is 0.337 e. The Morgan fingerprint density at radius 2 is 1.78 bits per heavy atom. The van der Waals surface area contributed by atoms with Gasteiger partial charge < -0.3 is 10.1 Å². The number of esters is 1. The van der Waals surface area contributed by atoms with Gasteiger partial charge in [-0.05, 0) is 30.5 Å². The van der Waals surface area contributed by atoms with Crippen LogP contribution in [-0.2, 0) is 20.7 Å². The number of carbonyl (C=O) groups is 3. The van der Waals surface area contributed by atoms with Crippen LogP contribution >= 0.6 is 0 Å². The van der Waals surface area contributed by atoms with Crippen LogP contribution in [-0.4, -0.2) is 25.0 Å². The Morgan fingerprint density at radius 1 is 1.13 bits per heavy atom. The molecular formula is C16H23N3O4. The van der Waals surface area contributed by atoms with Crippen molar-refractivity contribution in [1.82, 2.24) is 10.9 Å². The van der Waals surface area contributed by atoms with Gasteiger partial charge in [0, 0.05) is 12.6 Å². The van der Waals surface area contributed by atoms with Crippen LogP contribution in [0.25, 0.3) is 0 Å². The Bertz CT molecular complexity index is 543. The number of benzene rings is 1. The Kier molecular flexibility index (Phi) is 7.59. The van der Waals surface area contributed by atoms with E-state index >= 15 is 0 Å². The van der Waals surface area contributed by atoms with Crippen molar-refractivity contribution in [3.8, 4) is 0 Å². The number of carbonyl (C=O) groups excluding carboxylic acids is 3. The summed E-state index contributed by atoms with van der Waals surface area (Å²) in [4.78, 5) is 33.9. The zero-order chi connectivity index (χ0) is 17.2. The van der Waals surface area contributed by atoms with Gasteiger partial charge in [0.15, 0.2) is 0 Å². The van der Waals surface area contributed by atoms with Crippen molar-refractivity contribution >= 4 is 23.6 Å². The normalized spacial score (nSPS) is 11.3. The van der Waals surface area contributed by atoms with Crippen molar-refractivity contribution in [2.24, 2.45) is 5.92 Å². The molecule has 1 aromatic carbocycles. The van der Waals surface area contributed by atoms with Crippen LogP contribution in [0, 0.1) is 5.92 Å². The summed E-state index contributed by atoms with van der Waals surface area (Å²) in [5, 5.41) is 2.58. The van der Waals surface area contributed by atoms with E-state index in [1.165, 1.54) is 14.0 Å². The van der Waals surface area contributed by atoms with Crippen molar-refractivity contribution < 1.29 is 19.1 Å². The predicted molar refractivity (Wildman–Crippen MR) is 86.5 cm³/mol. The highest BCUT2D eigenvalue weighted by atomic mass is 16.5. The average molecular weight is 321 g/mol. The second kappa shape index (κ2) is 9.45. The fourth-order valence-electron chi connectivity index (χ4n) is 2.13. The molecule has 0 fully saturated rings. The van der Waals surface area contributed by atoms with Crippen molar-refractivity contribution in [3.63, 3.8) is 0 Å². The summed E-state index contributed by atoms with van der Waals surface area (Å²) in [6.07, 6.45) is 2.27. The molecule has 7 nitrogen and oxygen atoms in total. The van der Waals surface area contributed by atoms with E-state index in [0.717, 1.165) is 18.4 Å². The summed E-state index contributed by atoms with van der Waals surface area (Å²) in [5.74, 6) is -0.726. The van der Waals surface area contributed by atoms with Gasteiger partial charge >= 0.3 is 12.0 Å². The molecule has 0 aliphatic heterocycles. The molecule has 1 unspecified atom stereocenters. The van der Waals surface area contributed by atoms with Gasteiger partial charge in [-0.2, -0.15) is 0 Å². The van der Waals surface area contributed by atoms with Crippen LogP contribution in [0.5, 0.6) is 0 Å². The lowest BCUT2D eigenvalue weighted by Crippen LogP contribution is -2.42. The topological polar surface area (TPSA) is 96.5 Å². The fourth-order valence-corrected chi connectivity index (χ4v) is 2.13. The molecule has 0 heterocycles. The Morgan fingerprint density at radius 3 is 2.30 bits per heavy atom. The molecule has 0 aliphatic carbocycles. The molecule has 3 N–H and O–H groups in total. The summed E-state index contributed by atoms with van der Waals surface area (Å²) in [5.41, 5.74) is 5.96. The van der Waals surface area contributed by atoms with Crippen LogP contribution in [0.1, 0.15) is 32.3 Å². The third-order valence-electron chi connectivity index (χ3n) is 3.22. The van der Waals surface area contributed by atoms with E-state index in [1.54, 1.807) is 12.1 Å². The molecule has 7 heteroatoms. The minimum absolute atomic E-state index is 0.160. The van der Waals surface area contributed by atoms with Crippen LogP contribution in [0.4, 0.5) is 10.5 Å². The van der Waals surface area contributed by atoms with Crippen LogP contribution in [0.2, 0.25) is 0 Å². The van der Waals surface area contributed by atoms with Gasteiger partial charge in [0.1, 0.15) is 0 Å². The zero-order valence-electron chi connectivity index (χ0n) is 13.6. The molecular weight excluding hydrogens is 298 g/mol. The van der Waals surface area contributed by atoms with Gasteiger partial charge in [-0.1, -0.05) is 25.5 Å². The lowest BCUT2D eigenvalue weighted by molar-refractivity contribution is -0.145. The van der Waals surface area contributed by atoms with Crippen LogP contribution < -0.4 is 16.2 Å². The largest absolute Gasteiger partial charge is 0.469 e. The molecule has 0 aliphatic rings. The molecule has 0 saturated heterocycles. The van der Waals surface area contributed by atoms with Gasteiger partial charge in [-0.15, -0.1) is 0 Å². The standard InChI is InChI=1S/C16H23N3O4/c1-4-5-13(15(21)23-3)10-12-6-8-14(9-7-12)17-16(22)19-18-11(2)20/h6-9,13H,4-5,10H2,1-3H3,(H,18,20)(H2,17,19,22). The van der Waals surface area contributed by atoms with Gasteiger partial charge in [-0.3, -0.25) is 15.0 Å². The summed E-state index contributed by atoms with van der Waals surface area (Å²) in [7, 11) is 1.39. The van der Waals surface area contributed by atoms with E-state index in [1.807, 2.05) is 19.1 Å². The van der Waals surface area contributed by atoms with Crippen LogP contribution in [0.15, 0.2) is 24.3 Å². The first-order valence-corrected chi connectivity index (χ1v) is 7.46. The van der Waals surface area contributed by atoms with Gasteiger partial charge in [0.25, 0.3) is 0 Å². The molecule has 1 atom stereocenters. The highest BCUT2D eigenvalue weighted by Gasteiger charge is 2.18. The summed E-state index contributed by atoms with van der Waals surface area (Å²) in [6.45, 7) is 3.32. The molecule has 0 aromatic heterocycles. The molecule has 0 bridgehead atoms. The van der Waals surface area contributed by atoms with Crippen molar-refractivity contribution in [1.29, 1.82) is 0 Å². The quantitative estimate of drug-likeness (QED) is 0.551. The first-order valence-electron chi connectivity index (χ1n) is 7.46. The van der Waals surface area contributed by atoms with Crippen molar-refractivity contribution in [2.75, 3.05) is 12.4 Å². The lowest BCUT2D eigenvalue weighted by atomic mass is 9.95. The molecule has 1 rings (SSSR count). The van der Waals surface area contributed by atoms with E-state index in [9.17, 15) is 14.4 Å². The number of rotatable bonds is 6. The van der Waals surface area contributed by atoms with Gasteiger partial charge in [0.2, 0.25) is 5.91 Å². The van der Waals surface area contributed by atoms with Crippen molar-refractivity contribution in [2.45, 2.75) is 33.1 Å². The van der Waals surface area contributed by atoms with Crippen molar-refractivity contribution in [3.05, 3.63) is 29.8 Å². The SMILES string of the molecule is CCCC(Cc1ccc(NC(=O)NNC(C)=O)cc1)C(=O)OC. The molecule has 3 amide bonds. The first kappa shape index (κ1) is 18.5. The predicted octanol–water partition coefficient (Wildman–Crippen LogP) is 1.99. The van der Waals surface area contributed by atoms with Gasteiger partial charge in [0.05, 0.1) is 13.0 Å². The minimum Gasteiger partial charge on any atom is -0.469 e. The average Bonchev–Trinajstić information content (AvgIpc) is 2.53. The number of nitrogens with one attached hydrogen (secondary N) is 3. The van der Waals surface area contributed by atoms with E-state index in [0.29, 0.717) is 12.1 Å². The monoisotopic (exact) mass is 321 g/mol. The molecule has 1 aromatic rings. The Balaban J connectivity index is 2.59. The lowest BCUT2D eigenvalue weighted by Gasteiger charge is -2.14. The first-order chi connectivity index (χ1) is 11.0. The van der Waals surface area contributed by atoms with E-state index in [-0.39, 0.29) is 17.8 Å². The number of hydrazine groups is 1. The molecule has 0 radical (unpaired) electrons. The highest BCUT2D eigenvalue weighted by Crippen LogP contribution is 2.17. The number of hydrogen-bond acceptors (Lipinski definition) is 4. The number of hydrogen-bond donors (Lipinski definition) is 3. The number of ether oxygens (including phenoxy) is 1. The maximum Gasteiger partial charge on any atom is 0.337 e. The van der Waals surface area contributed by atoms with E-state index in [4.69, 9.17) is 4.74 Å². The second-order valence-corrected chi connectivity index (χ2v) is 5.17. The van der Waals surface area contributed by atoms with E-state index < -0.39 is 6.03 Å². The van der Waals surface area contributed by atoms with Gasteiger partial charge in [-0.25, -0.2) is 10.2 Å². The maximum atomic E-state index is 11.7. The molecule has 126 valence electrons. The van der Waals surface area contributed by atoms with Crippen LogP contribution in [0.3, 0.4) is 0 Å². The minimum atomic E-state index is -0.536. The maximum absolute atomic E-state index is 11.7. The molecule has 23 heavy (non-hydrogen) atoms. The number of anilines is 1. The molecule has 0 spiro atoms. The summed E-state index contributed by atoms with van der Waals surface area (Å²) < 4.78 is 4.82. The molecule has 0 saturated carbocycles. The number of methoxy groups -OCH3 is 1. The highest BCUT2D eigenvalue weighted by molar-refractivity contribution is 5.90. The number of amides is 3. The summed E-state index contributed by atoms with van der Waals surface area (Å²) >= 11 is 0.